The number of halogens is 1. The van der Waals surface area contributed by atoms with E-state index >= 15 is 0 Å². The molecule has 0 aliphatic heterocycles. The summed E-state index contributed by atoms with van der Waals surface area (Å²) in [6.45, 7) is 5.67. The lowest BCUT2D eigenvalue weighted by Gasteiger charge is -2.14. The summed E-state index contributed by atoms with van der Waals surface area (Å²) >= 11 is 5.90. The molecule has 0 unspecified atom stereocenters. The lowest BCUT2D eigenvalue weighted by atomic mass is 10.1. The van der Waals surface area contributed by atoms with Crippen molar-refractivity contribution in [1.29, 1.82) is 0 Å². The predicted molar refractivity (Wildman–Crippen MR) is 84.3 cm³/mol. The van der Waals surface area contributed by atoms with Crippen LogP contribution >= 0.6 is 11.6 Å². The highest BCUT2D eigenvalue weighted by Crippen LogP contribution is 2.17. The maximum Gasteiger partial charge on any atom is 0.119 e. The molecule has 106 valence electrons. The summed E-state index contributed by atoms with van der Waals surface area (Å²) in [5.74, 6) is 0.919. The van der Waals surface area contributed by atoms with Crippen LogP contribution in [-0.2, 0) is 6.54 Å². The fourth-order valence-corrected chi connectivity index (χ4v) is 2.14. The molecule has 1 N–H and O–H groups in total. The van der Waals surface area contributed by atoms with Crippen LogP contribution in [0.4, 0.5) is 0 Å². The van der Waals surface area contributed by atoms with Crippen molar-refractivity contribution in [3.05, 3.63) is 64.7 Å². The van der Waals surface area contributed by atoms with Crippen LogP contribution in [0.5, 0.6) is 5.75 Å². The second-order valence-electron chi connectivity index (χ2n) is 4.73. The Labute approximate surface area is 125 Å². The van der Waals surface area contributed by atoms with Crippen molar-refractivity contribution >= 4 is 11.6 Å². The largest absolute Gasteiger partial charge is 0.494 e. The summed E-state index contributed by atoms with van der Waals surface area (Å²) in [4.78, 5) is 0. The van der Waals surface area contributed by atoms with E-state index in [0.29, 0.717) is 12.6 Å². The Hall–Kier alpha value is -1.51. The Morgan fingerprint density at radius 2 is 1.70 bits per heavy atom. The first kappa shape index (κ1) is 14.9. The van der Waals surface area contributed by atoms with Crippen molar-refractivity contribution in [2.75, 3.05) is 6.61 Å². The number of hydrogen-bond acceptors (Lipinski definition) is 2. The number of benzene rings is 2. The van der Waals surface area contributed by atoms with Crippen molar-refractivity contribution in [2.24, 2.45) is 0 Å². The number of hydrogen-bond donors (Lipinski definition) is 1. The van der Waals surface area contributed by atoms with Gasteiger partial charge in [0.2, 0.25) is 0 Å². The maximum atomic E-state index is 5.90. The highest BCUT2D eigenvalue weighted by Gasteiger charge is 2.04. The van der Waals surface area contributed by atoms with E-state index in [1.807, 2.05) is 31.2 Å². The Kier molecular flexibility index (Phi) is 5.45. The molecule has 2 aromatic rings. The maximum absolute atomic E-state index is 5.90. The van der Waals surface area contributed by atoms with Gasteiger partial charge in [-0.25, -0.2) is 0 Å². The van der Waals surface area contributed by atoms with E-state index in [2.05, 4.69) is 36.5 Å². The molecule has 1 atom stereocenters. The zero-order valence-corrected chi connectivity index (χ0v) is 12.7. The van der Waals surface area contributed by atoms with Crippen molar-refractivity contribution in [2.45, 2.75) is 26.4 Å². The van der Waals surface area contributed by atoms with Gasteiger partial charge in [0.25, 0.3) is 0 Å². The van der Waals surface area contributed by atoms with Crippen LogP contribution < -0.4 is 10.1 Å². The average molecular weight is 290 g/mol. The molecule has 0 aliphatic rings. The van der Waals surface area contributed by atoms with Crippen LogP contribution in [0.3, 0.4) is 0 Å². The molecule has 2 rings (SSSR count). The average Bonchev–Trinajstić information content (AvgIpc) is 2.47. The van der Waals surface area contributed by atoms with Gasteiger partial charge < -0.3 is 10.1 Å². The first-order valence-electron chi connectivity index (χ1n) is 6.89. The van der Waals surface area contributed by atoms with Crippen LogP contribution in [0.25, 0.3) is 0 Å². The lowest BCUT2D eigenvalue weighted by molar-refractivity contribution is 0.340. The summed E-state index contributed by atoms with van der Waals surface area (Å²) in [5.41, 5.74) is 2.48. The summed E-state index contributed by atoms with van der Waals surface area (Å²) in [5, 5.41) is 4.27. The third-order valence-corrected chi connectivity index (χ3v) is 3.47. The molecular formula is C17H20ClNO. The molecule has 0 radical (unpaired) electrons. The standard InChI is InChI=1S/C17H20ClNO/c1-3-20-17-10-4-14(5-11-17)12-19-13(2)15-6-8-16(18)9-7-15/h4-11,13,19H,3,12H2,1-2H3/t13-/m1/s1. The van der Waals surface area contributed by atoms with Gasteiger partial charge in [0.1, 0.15) is 5.75 Å². The molecular weight excluding hydrogens is 270 g/mol. The topological polar surface area (TPSA) is 21.3 Å². The molecule has 0 saturated heterocycles. The van der Waals surface area contributed by atoms with Gasteiger partial charge in [-0.15, -0.1) is 0 Å². The van der Waals surface area contributed by atoms with E-state index in [4.69, 9.17) is 16.3 Å². The first-order valence-corrected chi connectivity index (χ1v) is 7.27. The van der Waals surface area contributed by atoms with Gasteiger partial charge in [0.15, 0.2) is 0 Å². The highest BCUT2D eigenvalue weighted by molar-refractivity contribution is 6.30. The van der Waals surface area contributed by atoms with Crippen LogP contribution in [0.1, 0.15) is 31.0 Å². The summed E-state index contributed by atoms with van der Waals surface area (Å²) in [6, 6.07) is 16.4. The van der Waals surface area contributed by atoms with E-state index in [-0.39, 0.29) is 0 Å². The Morgan fingerprint density at radius 1 is 1.05 bits per heavy atom. The predicted octanol–water partition coefficient (Wildman–Crippen LogP) is 4.59. The minimum atomic E-state index is 0.291. The van der Waals surface area contributed by atoms with Crippen LogP contribution in [0, 0.1) is 0 Å². The van der Waals surface area contributed by atoms with Crippen molar-refractivity contribution < 1.29 is 4.74 Å². The number of nitrogens with one attached hydrogen (secondary N) is 1. The molecule has 3 heteroatoms. The molecule has 0 aromatic heterocycles. The van der Waals surface area contributed by atoms with Gasteiger partial charge in [0, 0.05) is 17.6 Å². The smallest absolute Gasteiger partial charge is 0.119 e. The molecule has 0 amide bonds. The van der Waals surface area contributed by atoms with E-state index in [9.17, 15) is 0 Å². The van der Waals surface area contributed by atoms with Gasteiger partial charge in [0.05, 0.1) is 6.61 Å². The third kappa shape index (κ3) is 4.26. The van der Waals surface area contributed by atoms with Gasteiger partial charge in [-0.05, 0) is 49.2 Å². The Balaban J connectivity index is 1.89. The minimum absolute atomic E-state index is 0.291. The SMILES string of the molecule is CCOc1ccc(CN[C@H](C)c2ccc(Cl)cc2)cc1. The molecule has 0 spiro atoms. The van der Waals surface area contributed by atoms with Crippen molar-refractivity contribution in [3.63, 3.8) is 0 Å². The summed E-state index contributed by atoms with van der Waals surface area (Å²) < 4.78 is 5.43. The molecule has 2 nitrogen and oxygen atoms in total. The van der Waals surface area contributed by atoms with Gasteiger partial charge in [-0.3, -0.25) is 0 Å². The quantitative estimate of drug-likeness (QED) is 0.840. The number of ether oxygens (including phenoxy) is 1. The summed E-state index contributed by atoms with van der Waals surface area (Å²) in [6.07, 6.45) is 0. The molecule has 0 bridgehead atoms. The fraction of sp³-hybridized carbons (Fsp3) is 0.294. The van der Waals surface area contributed by atoms with Crippen molar-refractivity contribution in [3.8, 4) is 5.75 Å². The molecule has 0 fully saturated rings. The molecule has 0 saturated carbocycles. The minimum Gasteiger partial charge on any atom is -0.494 e. The first-order chi connectivity index (χ1) is 9.69. The summed E-state index contributed by atoms with van der Waals surface area (Å²) in [7, 11) is 0. The molecule has 0 aliphatic carbocycles. The fourth-order valence-electron chi connectivity index (χ4n) is 2.01. The van der Waals surface area contributed by atoms with Gasteiger partial charge >= 0.3 is 0 Å². The van der Waals surface area contributed by atoms with E-state index in [0.717, 1.165) is 17.3 Å². The van der Waals surface area contributed by atoms with Gasteiger partial charge in [-0.2, -0.15) is 0 Å². The molecule has 2 aromatic carbocycles. The third-order valence-electron chi connectivity index (χ3n) is 3.22. The van der Waals surface area contributed by atoms with Crippen molar-refractivity contribution in [1.82, 2.24) is 5.32 Å². The van der Waals surface area contributed by atoms with Gasteiger partial charge in [-0.1, -0.05) is 35.9 Å². The zero-order chi connectivity index (χ0) is 14.4. The molecule has 0 heterocycles. The Morgan fingerprint density at radius 3 is 2.30 bits per heavy atom. The van der Waals surface area contributed by atoms with Crippen LogP contribution in [0.2, 0.25) is 5.02 Å². The highest BCUT2D eigenvalue weighted by atomic mass is 35.5. The van der Waals surface area contributed by atoms with E-state index in [1.54, 1.807) is 0 Å². The monoisotopic (exact) mass is 289 g/mol. The zero-order valence-electron chi connectivity index (χ0n) is 11.9. The second-order valence-corrected chi connectivity index (χ2v) is 5.17. The van der Waals surface area contributed by atoms with Crippen LogP contribution in [0.15, 0.2) is 48.5 Å². The normalized spacial score (nSPS) is 12.2. The van der Waals surface area contributed by atoms with Crippen LogP contribution in [-0.4, -0.2) is 6.61 Å². The lowest BCUT2D eigenvalue weighted by Crippen LogP contribution is -2.17. The van der Waals surface area contributed by atoms with E-state index in [1.165, 1.54) is 11.1 Å². The second kappa shape index (κ2) is 7.32. The Bertz CT molecular complexity index is 522. The van der Waals surface area contributed by atoms with E-state index < -0.39 is 0 Å². The molecule has 20 heavy (non-hydrogen) atoms. The number of rotatable bonds is 6.